The van der Waals surface area contributed by atoms with Crippen LogP contribution in [0, 0.1) is 0 Å². The Hall–Kier alpha value is -3.23. The van der Waals surface area contributed by atoms with Gasteiger partial charge in [-0.15, -0.1) is 0 Å². The van der Waals surface area contributed by atoms with E-state index in [0.29, 0.717) is 22.7 Å². The molecule has 2 fully saturated rings. The number of nitrogens with one attached hydrogen (secondary N) is 1. The van der Waals surface area contributed by atoms with Crippen molar-refractivity contribution >= 4 is 28.4 Å². The Kier molecular flexibility index (Phi) is 5.65. The number of ether oxygens (including phenoxy) is 1. The lowest BCUT2D eigenvalue weighted by Gasteiger charge is -2.44. The molecule has 37 heavy (non-hydrogen) atoms. The lowest BCUT2D eigenvalue weighted by Crippen LogP contribution is -2.53. The second kappa shape index (κ2) is 8.67. The van der Waals surface area contributed by atoms with Gasteiger partial charge < -0.3 is 20.4 Å². The minimum Gasteiger partial charge on any atom is -0.373 e. The standard InChI is InChI=1S/C29H35N5O3/c1-16-14-34(15-17(2)37-16)19-7-9-33(10-8-19)24-12-22-21(13-31-24)26(35)25-20-6-5-18(28(30)36)11-23(20)32-27(25)29(22,3)4/h5-6,11-13,16-17,19,32H,7-10,14-15H2,1-4H3,(H2,30,36)/t16-,17+. The van der Waals surface area contributed by atoms with Crippen LogP contribution in [0.1, 0.15) is 78.1 Å². The van der Waals surface area contributed by atoms with Gasteiger partial charge in [0.2, 0.25) is 5.91 Å². The quantitative estimate of drug-likeness (QED) is 0.568. The maximum absolute atomic E-state index is 13.7. The molecular weight excluding hydrogens is 466 g/mol. The number of carbonyl (C=O) groups is 2. The van der Waals surface area contributed by atoms with Crippen LogP contribution in [0.4, 0.5) is 5.82 Å². The number of anilines is 1. The Balaban J connectivity index is 1.28. The van der Waals surface area contributed by atoms with E-state index >= 15 is 0 Å². The van der Waals surface area contributed by atoms with E-state index < -0.39 is 11.3 Å². The first-order valence-electron chi connectivity index (χ1n) is 13.3. The van der Waals surface area contributed by atoms with Gasteiger partial charge in [0.05, 0.1) is 17.8 Å². The molecule has 2 aromatic heterocycles. The summed E-state index contributed by atoms with van der Waals surface area (Å²) in [4.78, 5) is 38.5. The van der Waals surface area contributed by atoms with Gasteiger partial charge in [-0.3, -0.25) is 14.5 Å². The number of aromatic nitrogens is 2. The van der Waals surface area contributed by atoms with Crippen molar-refractivity contribution in [3.63, 3.8) is 0 Å². The largest absolute Gasteiger partial charge is 0.373 e. The summed E-state index contributed by atoms with van der Waals surface area (Å²) < 4.78 is 5.93. The number of hydrogen-bond donors (Lipinski definition) is 2. The summed E-state index contributed by atoms with van der Waals surface area (Å²) in [6, 6.07) is 7.90. The summed E-state index contributed by atoms with van der Waals surface area (Å²) in [5.41, 5.74) is 9.38. The number of morpholine rings is 1. The van der Waals surface area contributed by atoms with Crippen molar-refractivity contribution in [3.05, 3.63) is 58.4 Å². The number of piperidine rings is 1. The van der Waals surface area contributed by atoms with E-state index in [1.165, 1.54) is 0 Å². The summed E-state index contributed by atoms with van der Waals surface area (Å²) in [5, 5.41) is 0.807. The van der Waals surface area contributed by atoms with Gasteiger partial charge in [0, 0.05) is 71.6 Å². The van der Waals surface area contributed by atoms with Gasteiger partial charge in [0.1, 0.15) is 5.82 Å². The fourth-order valence-electron chi connectivity index (χ4n) is 6.62. The number of nitrogens with two attached hydrogens (primary N) is 1. The maximum atomic E-state index is 13.7. The predicted molar refractivity (Wildman–Crippen MR) is 143 cm³/mol. The van der Waals surface area contributed by atoms with E-state index in [0.717, 1.165) is 67.0 Å². The number of H-pyrrole nitrogens is 1. The third kappa shape index (κ3) is 3.94. The van der Waals surface area contributed by atoms with E-state index in [4.69, 9.17) is 15.5 Å². The summed E-state index contributed by atoms with van der Waals surface area (Å²) >= 11 is 0. The van der Waals surface area contributed by atoms with Crippen molar-refractivity contribution in [2.45, 2.75) is 64.2 Å². The normalized spacial score (nSPS) is 24.2. The van der Waals surface area contributed by atoms with Gasteiger partial charge in [-0.2, -0.15) is 0 Å². The van der Waals surface area contributed by atoms with Crippen molar-refractivity contribution in [2.24, 2.45) is 5.73 Å². The molecular formula is C29H35N5O3. The minimum atomic E-state index is -0.487. The molecule has 3 aliphatic rings. The molecule has 0 unspecified atom stereocenters. The highest BCUT2D eigenvalue weighted by Crippen LogP contribution is 2.44. The smallest absolute Gasteiger partial charge is 0.248 e. The first-order chi connectivity index (χ1) is 17.6. The number of ketones is 1. The van der Waals surface area contributed by atoms with E-state index in [9.17, 15) is 9.59 Å². The molecule has 1 aliphatic carbocycles. The van der Waals surface area contributed by atoms with Crippen molar-refractivity contribution in [1.29, 1.82) is 0 Å². The summed E-state index contributed by atoms with van der Waals surface area (Å²) in [6.45, 7) is 12.5. The highest BCUT2D eigenvalue weighted by atomic mass is 16.5. The lowest BCUT2D eigenvalue weighted by atomic mass is 9.72. The first-order valence-corrected chi connectivity index (χ1v) is 13.3. The number of aromatic amines is 1. The molecule has 3 N–H and O–H groups in total. The van der Waals surface area contributed by atoms with E-state index in [1.54, 1.807) is 18.3 Å². The summed E-state index contributed by atoms with van der Waals surface area (Å²) in [6.07, 6.45) is 4.50. The number of primary amides is 1. The molecule has 194 valence electrons. The van der Waals surface area contributed by atoms with Gasteiger partial charge in [-0.05, 0) is 50.5 Å². The minimum absolute atomic E-state index is 0.0317. The maximum Gasteiger partial charge on any atom is 0.248 e. The van der Waals surface area contributed by atoms with Gasteiger partial charge in [0.15, 0.2) is 5.78 Å². The zero-order valence-electron chi connectivity index (χ0n) is 22.0. The van der Waals surface area contributed by atoms with Crippen LogP contribution in [0.2, 0.25) is 0 Å². The Labute approximate surface area is 217 Å². The topological polar surface area (TPSA) is 105 Å². The number of benzene rings is 1. The summed E-state index contributed by atoms with van der Waals surface area (Å²) in [5.74, 6) is 0.409. The Bertz CT molecular complexity index is 1390. The van der Waals surface area contributed by atoms with E-state index in [1.807, 2.05) is 6.07 Å². The third-order valence-electron chi connectivity index (χ3n) is 8.50. The fourth-order valence-corrected chi connectivity index (χ4v) is 6.62. The molecule has 2 aliphatic heterocycles. The van der Waals surface area contributed by atoms with Crippen LogP contribution >= 0.6 is 0 Å². The molecule has 0 spiro atoms. The zero-order chi connectivity index (χ0) is 26.1. The molecule has 8 nitrogen and oxygen atoms in total. The van der Waals surface area contributed by atoms with Crippen LogP contribution in [0.15, 0.2) is 30.5 Å². The number of hydrogen-bond acceptors (Lipinski definition) is 6. The van der Waals surface area contributed by atoms with Crippen molar-refractivity contribution < 1.29 is 14.3 Å². The highest BCUT2D eigenvalue weighted by Gasteiger charge is 2.40. The number of nitrogens with zero attached hydrogens (tertiary/aromatic N) is 3. The van der Waals surface area contributed by atoms with Crippen molar-refractivity contribution in [3.8, 4) is 0 Å². The average molecular weight is 502 g/mol. The second-order valence-electron chi connectivity index (χ2n) is 11.5. The number of carbonyl (C=O) groups excluding carboxylic acids is 2. The monoisotopic (exact) mass is 501 g/mol. The Morgan fingerprint density at radius 3 is 2.51 bits per heavy atom. The average Bonchev–Trinajstić information content (AvgIpc) is 3.27. The Morgan fingerprint density at radius 1 is 1.14 bits per heavy atom. The van der Waals surface area contributed by atoms with Crippen LogP contribution in [0.5, 0.6) is 0 Å². The van der Waals surface area contributed by atoms with E-state index in [-0.39, 0.29) is 18.0 Å². The molecule has 2 saturated heterocycles. The molecule has 1 aromatic carbocycles. The van der Waals surface area contributed by atoms with Crippen LogP contribution in [0.25, 0.3) is 10.9 Å². The van der Waals surface area contributed by atoms with Gasteiger partial charge in [-0.25, -0.2) is 4.98 Å². The highest BCUT2D eigenvalue weighted by molar-refractivity contribution is 6.20. The lowest BCUT2D eigenvalue weighted by molar-refractivity contribution is -0.0826. The molecule has 0 bridgehead atoms. The zero-order valence-corrected chi connectivity index (χ0v) is 22.0. The van der Waals surface area contributed by atoms with Gasteiger partial charge in [-0.1, -0.05) is 19.9 Å². The summed E-state index contributed by atoms with van der Waals surface area (Å²) in [7, 11) is 0. The SMILES string of the molecule is C[C@@H]1CN(C2CCN(c3cc4c(cn3)C(=O)c3c([nH]c5cc(C(N)=O)ccc35)C4(C)C)CC2)C[C@H](C)O1. The van der Waals surface area contributed by atoms with E-state index in [2.05, 4.69) is 48.5 Å². The number of pyridine rings is 1. The number of rotatable bonds is 3. The van der Waals surface area contributed by atoms with Crippen LogP contribution in [-0.2, 0) is 10.2 Å². The first kappa shape index (κ1) is 24.1. The fraction of sp³-hybridized carbons (Fsp3) is 0.483. The third-order valence-corrected chi connectivity index (χ3v) is 8.50. The molecule has 1 amide bonds. The van der Waals surface area contributed by atoms with Crippen LogP contribution in [0.3, 0.4) is 0 Å². The molecule has 4 heterocycles. The van der Waals surface area contributed by atoms with Gasteiger partial charge in [0.25, 0.3) is 0 Å². The van der Waals surface area contributed by atoms with Crippen molar-refractivity contribution in [2.75, 3.05) is 31.1 Å². The number of fused-ring (bicyclic) bond motifs is 4. The molecule has 0 saturated carbocycles. The van der Waals surface area contributed by atoms with Gasteiger partial charge >= 0.3 is 0 Å². The molecule has 3 aromatic rings. The van der Waals surface area contributed by atoms with Crippen LogP contribution in [-0.4, -0.2) is 71.0 Å². The number of amides is 1. The molecule has 6 rings (SSSR count). The van der Waals surface area contributed by atoms with Crippen LogP contribution < -0.4 is 10.6 Å². The van der Waals surface area contributed by atoms with Crippen molar-refractivity contribution in [1.82, 2.24) is 14.9 Å². The molecule has 2 atom stereocenters. The second-order valence-corrected chi connectivity index (χ2v) is 11.5. The molecule has 8 heteroatoms. The predicted octanol–water partition coefficient (Wildman–Crippen LogP) is 3.61. The molecule has 0 radical (unpaired) electrons. The Morgan fingerprint density at radius 2 is 1.84 bits per heavy atom.